The highest BCUT2D eigenvalue weighted by Crippen LogP contribution is 2.13. The molecule has 1 nitrogen and oxygen atoms in total. The van der Waals surface area contributed by atoms with Crippen molar-refractivity contribution in [2.75, 3.05) is 0 Å². The first-order valence-corrected chi connectivity index (χ1v) is 2.67. The van der Waals surface area contributed by atoms with E-state index in [9.17, 15) is 8.78 Å². The maximum absolute atomic E-state index is 11.3. The first-order chi connectivity index (χ1) is 3.55. The second kappa shape index (κ2) is 3.43. The summed E-state index contributed by atoms with van der Waals surface area (Å²) in [6.07, 6.45) is -4.80. The minimum absolute atomic E-state index is 1.41. The van der Waals surface area contributed by atoms with Crippen molar-refractivity contribution in [2.24, 2.45) is 0 Å². The Balaban J connectivity index is 3.46. The third-order valence-corrected chi connectivity index (χ3v) is 1.03. The summed E-state index contributed by atoms with van der Waals surface area (Å²) in [5.41, 5.74) is 0. The molecule has 0 aromatic rings. The smallest absolute Gasteiger partial charge is 0.266 e. The number of hydrogen-bond donors (Lipinski definition) is 1. The molecule has 0 bridgehead atoms. The summed E-state index contributed by atoms with van der Waals surface area (Å²) in [7, 11) is 0. The Morgan fingerprint density at radius 1 is 1.25 bits per heavy atom. The topological polar surface area (TPSA) is 20.2 Å². The van der Waals surface area contributed by atoms with Gasteiger partial charge in [-0.15, -0.1) is 23.2 Å². The zero-order valence-electron chi connectivity index (χ0n) is 3.69. The third-order valence-electron chi connectivity index (χ3n) is 0.516. The van der Waals surface area contributed by atoms with E-state index in [2.05, 4.69) is 0 Å². The standard InChI is InChI=1S/C3H4Cl2F2O/c4-2(5)1(8)3(6)7/h1-3,8H. The highest BCUT2D eigenvalue weighted by Gasteiger charge is 2.23. The molecule has 1 atom stereocenters. The van der Waals surface area contributed by atoms with Crippen molar-refractivity contribution >= 4 is 23.2 Å². The molecule has 5 heteroatoms. The lowest BCUT2D eigenvalue weighted by atomic mass is 10.4. The van der Waals surface area contributed by atoms with E-state index in [0.29, 0.717) is 0 Å². The normalized spacial score (nSPS) is 15.4. The van der Waals surface area contributed by atoms with Gasteiger partial charge in [-0.25, -0.2) is 8.78 Å². The van der Waals surface area contributed by atoms with Crippen molar-refractivity contribution in [1.82, 2.24) is 0 Å². The van der Waals surface area contributed by atoms with Gasteiger partial charge in [0.05, 0.1) is 0 Å². The van der Waals surface area contributed by atoms with Gasteiger partial charge < -0.3 is 5.11 Å². The van der Waals surface area contributed by atoms with Crippen LogP contribution in [-0.2, 0) is 0 Å². The summed E-state index contributed by atoms with van der Waals surface area (Å²) in [5, 5.41) is 8.19. The molecule has 0 fully saturated rings. The highest BCUT2D eigenvalue weighted by atomic mass is 35.5. The SMILES string of the molecule is OC(C(F)F)C(Cl)Cl. The molecule has 0 heterocycles. The summed E-state index contributed by atoms with van der Waals surface area (Å²) in [6.45, 7) is 0. The first-order valence-electron chi connectivity index (χ1n) is 1.80. The van der Waals surface area contributed by atoms with Crippen LogP contribution in [0.15, 0.2) is 0 Å². The van der Waals surface area contributed by atoms with Gasteiger partial charge in [0.2, 0.25) is 0 Å². The molecule has 0 saturated heterocycles. The molecule has 0 aromatic carbocycles. The summed E-state index contributed by atoms with van der Waals surface area (Å²) in [6, 6.07) is 0. The van der Waals surface area contributed by atoms with Crippen LogP contribution < -0.4 is 0 Å². The number of alkyl halides is 4. The molecule has 0 radical (unpaired) electrons. The van der Waals surface area contributed by atoms with Crippen LogP contribution in [0.3, 0.4) is 0 Å². The molecule has 8 heavy (non-hydrogen) atoms. The van der Waals surface area contributed by atoms with E-state index in [1.54, 1.807) is 0 Å². The van der Waals surface area contributed by atoms with Crippen molar-refractivity contribution in [1.29, 1.82) is 0 Å². The Hall–Kier alpha value is 0.400. The number of rotatable bonds is 2. The predicted octanol–water partition coefficient (Wildman–Crippen LogP) is 1.42. The van der Waals surface area contributed by atoms with Crippen molar-refractivity contribution < 1.29 is 13.9 Å². The van der Waals surface area contributed by atoms with Gasteiger partial charge in [0.25, 0.3) is 6.43 Å². The number of halogens is 4. The van der Waals surface area contributed by atoms with Crippen LogP contribution in [0.4, 0.5) is 8.78 Å². The van der Waals surface area contributed by atoms with Gasteiger partial charge in [0.1, 0.15) is 10.9 Å². The van der Waals surface area contributed by atoms with Gasteiger partial charge in [-0.2, -0.15) is 0 Å². The summed E-state index contributed by atoms with van der Waals surface area (Å²) in [5.74, 6) is 0. The number of aliphatic hydroxyl groups is 1. The molecule has 0 amide bonds. The van der Waals surface area contributed by atoms with Crippen LogP contribution >= 0.6 is 23.2 Å². The van der Waals surface area contributed by atoms with Crippen molar-refractivity contribution in [3.05, 3.63) is 0 Å². The lowest BCUT2D eigenvalue weighted by molar-refractivity contribution is 0.00395. The minimum atomic E-state index is -2.87. The molecule has 50 valence electrons. The predicted molar refractivity (Wildman–Crippen MR) is 27.5 cm³/mol. The van der Waals surface area contributed by atoms with E-state index in [-0.39, 0.29) is 0 Å². The first kappa shape index (κ1) is 8.40. The highest BCUT2D eigenvalue weighted by molar-refractivity contribution is 6.44. The third kappa shape index (κ3) is 2.64. The van der Waals surface area contributed by atoms with Gasteiger partial charge in [0, 0.05) is 0 Å². The van der Waals surface area contributed by atoms with Gasteiger partial charge in [-0.1, -0.05) is 0 Å². The van der Waals surface area contributed by atoms with E-state index < -0.39 is 17.4 Å². The van der Waals surface area contributed by atoms with Crippen LogP contribution in [0.2, 0.25) is 0 Å². The van der Waals surface area contributed by atoms with Gasteiger partial charge in [-0.3, -0.25) is 0 Å². The van der Waals surface area contributed by atoms with Gasteiger partial charge in [0.15, 0.2) is 0 Å². The van der Waals surface area contributed by atoms with Crippen LogP contribution in [-0.4, -0.2) is 22.5 Å². The van der Waals surface area contributed by atoms with E-state index in [1.165, 1.54) is 0 Å². The quantitative estimate of drug-likeness (QED) is 0.613. The van der Waals surface area contributed by atoms with Crippen molar-refractivity contribution in [3.63, 3.8) is 0 Å². The Labute approximate surface area is 55.2 Å². The van der Waals surface area contributed by atoms with Gasteiger partial charge in [-0.05, 0) is 0 Å². The zero-order valence-corrected chi connectivity index (χ0v) is 5.20. The fraction of sp³-hybridized carbons (Fsp3) is 1.00. The molecule has 0 spiro atoms. The largest absolute Gasteiger partial charge is 0.384 e. The van der Waals surface area contributed by atoms with E-state index in [4.69, 9.17) is 28.3 Å². The zero-order chi connectivity index (χ0) is 6.73. The Kier molecular flexibility index (Phi) is 3.60. The van der Waals surface area contributed by atoms with Crippen molar-refractivity contribution in [3.8, 4) is 0 Å². The Morgan fingerprint density at radius 3 is 1.62 bits per heavy atom. The van der Waals surface area contributed by atoms with Crippen LogP contribution in [0.1, 0.15) is 0 Å². The average Bonchev–Trinajstić information content (AvgIpc) is 1.64. The summed E-state index contributed by atoms with van der Waals surface area (Å²) >= 11 is 9.72. The number of hydrogen-bond acceptors (Lipinski definition) is 1. The second-order valence-corrected chi connectivity index (χ2v) is 2.32. The molecule has 0 aliphatic carbocycles. The summed E-state index contributed by atoms with van der Waals surface area (Å²) < 4.78 is 22.5. The molecule has 1 unspecified atom stereocenters. The maximum atomic E-state index is 11.3. The van der Waals surface area contributed by atoms with E-state index in [1.807, 2.05) is 0 Å². The molecular formula is C3H4Cl2F2O. The van der Waals surface area contributed by atoms with Crippen LogP contribution in [0.25, 0.3) is 0 Å². The molecular weight excluding hydrogens is 161 g/mol. The van der Waals surface area contributed by atoms with Crippen LogP contribution in [0.5, 0.6) is 0 Å². The molecule has 0 aliphatic heterocycles. The summed E-state index contributed by atoms with van der Waals surface area (Å²) in [4.78, 5) is -1.41. The molecule has 0 aliphatic rings. The van der Waals surface area contributed by atoms with E-state index >= 15 is 0 Å². The lowest BCUT2D eigenvalue weighted by Crippen LogP contribution is -2.24. The lowest BCUT2D eigenvalue weighted by Gasteiger charge is -2.07. The molecule has 0 rings (SSSR count). The average molecular weight is 165 g/mol. The Morgan fingerprint density at radius 2 is 1.62 bits per heavy atom. The monoisotopic (exact) mass is 164 g/mol. The Bertz CT molecular complexity index is 60.3. The van der Waals surface area contributed by atoms with Gasteiger partial charge >= 0.3 is 0 Å². The fourth-order valence-corrected chi connectivity index (χ4v) is 0.330. The van der Waals surface area contributed by atoms with E-state index in [0.717, 1.165) is 0 Å². The second-order valence-electron chi connectivity index (χ2n) is 1.16. The molecule has 0 aromatic heterocycles. The van der Waals surface area contributed by atoms with Crippen LogP contribution in [0, 0.1) is 0 Å². The fourth-order valence-electron chi connectivity index (χ4n) is 0.110. The molecule has 0 saturated carbocycles. The maximum Gasteiger partial charge on any atom is 0.266 e. The minimum Gasteiger partial charge on any atom is -0.384 e. The number of aliphatic hydroxyl groups excluding tert-OH is 1. The van der Waals surface area contributed by atoms with Crippen molar-refractivity contribution in [2.45, 2.75) is 17.4 Å². The molecule has 1 N–H and O–H groups in total.